The number of thiocarbonyl (C=S) groups is 1. The van der Waals surface area contributed by atoms with Gasteiger partial charge in [0.1, 0.15) is 4.32 Å². The van der Waals surface area contributed by atoms with E-state index in [1.54, 1.807) is 4.90 Å². The summed E-state index contributed by atoms with van der Waals surface area (Å²) in [6, 6.07) is 18.5. The molecule has 4 rings (SSSR count). The first-order valence-corrected chi connectivity index (χ1v) is 10.7. The summed E-state index contributed by atoms with van der Waals surface area (Å²) in [7, 11) is 0. The number of piperazine rings is 1. The summed E-state index contributed by atoms with van der Waals surface area (Å²) in [5.41, 5.74) is 3.58. The van der Waals surface area contributed by atoms with Crippen LogP contribution in [0.25, 0.3) is 6.08 Å². The smallest absolute Gasteiger partial charge is 0.267 e. The molecular formula is C22H23N3OS2. The van der Waals surface area contributed by atoms with Gasteiger partial charge >= 0.3 is 0 Å². The number of anilines is 1. The molecule has 28 heavy (non-hydrogen) atoms. The summed E-state index contributed by atoms with van der Waals surface area (Å²) in [5, 5.41) is 0. The molecule has 1 amide bonds. The first kappa shape index (κ1) is 19.2. The first-order valence-electron chi connectivity index (χ1n) is 9.44. The number of hydrogen-bond acceptors (Lipinski definition) is 5. The monoisotopic (exact) mass is 409 g/mol. The normalized spacial score (nSPS) is 19.7. The lowest BCUT2D eigenvalue weighted by atomic mass is 10.2. The lowest BCUT2D eigenvalue weighted by Gasteiger charge is -2.37. The van der Waals surface area contributed by atoms with Gasteiger partial charge in [0, 0.05) is 31.9 Å². The molecule has 0 bridgehead atoms. The highest BCUT2D eigenvalue weighted by atomic mass is 32.2. The van der Waals surface area contributed by atoms with E-state index >= 15 is 0 Å². The molecule has 0 spiro atoms. The van der Waals surface area contributed by atoms with Gasteiger partial charge in [0.15, 0.2) is 0 Å². The Hall–Kier alpha value is -2.15. The van der Waals surface area contributed by atoms with Crippen molar-refractivity contribution in [3.8, 4) is 0 Å². The van der Waals surface area contributed by atoms with Gasteiger partial charge in [0.25, 0.3) is 5.91 Å². The minimum absolute atomic E-state index is 0.0139. The Morgan fingerprint density at radius 2 is 1.79 bits per heavy atom. The molecule has 2 heterocycles. The zero-order chi connectivity index (χ0) is 19.5. The van der Waals surface area contributed by atoms with Gasteiger partial charge in [0.05, 0.1) is 11.6 Å². The van der Waals surface area contributed by atoms with Crippen LogP contribution in [0.4, 0.5) is 5.69 Å². The van der Waals surface area contributed by atoms with E-state index in [1.165, 1.54) is 23.0 Å². The molecule has 0 unspecified atom stereocenters. The van der Waals surface area contributed by atoms with E-state index < -0.39 is 0 Å². The standard InChI is InChI=1S/C22H23N3OS2/c1-17-6-5-9-19(14-17)24-12-10-23(11-13-24)16-25-21(26)20(28-22(25)27)15-18-7-3-2-4-8-18/h2-9,14-15H,10-13,16H2,1H3. The Morgan fingerprint density at radius 3 is 2.50 bits per heavy atom. The van der Waals surface area contributed by atoms with Gasteiger partial charge < -0.3 is 4.90 Å². The van der Waals surface area contributed by atoms with Crippen LogP contribution in [0, 0.1) is 6.92 Å². The molecule has 0 N–H and O–H groups in total. The van der Waals surface area contributed by atoms with Crippen molar-refractivity contribution in [1.82, 2.24) is 9.80 Å². The van der Waals surface area contributed by atoms with Gasteiger partial charge in [0.2, 0.25) is 0 Å². The predicted octanol–water partition coefficient (Wildman–Crippen LogP) is 3.98. The predicted molar refractivity (Wildman–Crippen MR) is 121 cm³/mol. The molecule has 0 radical (unpaired) electrons. The molecular weight excluding hydrogens is 386 g/mol. The van der Waals surface area contributed by atoms with E-state index in [2.05, 4.69) is 41.0 Å². The van der Waals surface area contributed by atoms with Crippen LogP contribution in [-0.2, 0) is 4.79 Å². The zero-order valence-electron chi connectivity index (χ0n) is 15.9. The number of carbonyl (C=O) groups is 1. The average molecular weight is 410 g/mol. The molecule has 2 aliphatic heterocycles. The molecule has 2 aromatic rings. The number of carbonyl (C=O) groups excluding carboxylic acids is 1. The summed E-state index contributed by atoms with van der Waals surface area (Å²) in [6.45, 7) is 6.44. The van der Waals surface area contributed by atoms with Crippen molar-refractivity contribution in [3.63, 3.8) is 0 Å². The number of amides is 1. The number of hydrogen-bond donors (Lipinski definition) is 0. The average Bonchev–Trinajstić information content (AvgIpc) is 2.97. The summed E-state index contributed by atoms with van der Waals surface area (Å²) in [5.74, 6) is 0.0139. The quantitative estimate of drug-likeness (QED) is 0.562. The van der Waals surface area contributed by atoms with E-state index in [1.807, 2.05) is 36.4 Å². The fraction of sp³-hybridized carbons (Fsp3) is 0.273. The second kappa shape index (κ2) is 8.47. The molecule has 0 atom stereocenters. The number of benzene rings is 2. The summed E-state index contributed by atoms with van der Waals surface area (Å²) in [4.78, 5) is 20.0. The van der Waals surface area contributed by atoms with Crippen molar-refractivity contribution in [3.05, 3.63) is 70.6 Å². The number of nitrogens with zero attached hydrogens (tertiary/aromatic N) is 3. The molecule has 2 aliphatic rings. The maximum Gasteiger partial charge on any atom is 0.267 e. The van der Waals surface area contributed by atoms with Crippen molar-refractivity contribution in [2.24, 2.45) is 0 Å². The molecule has 0 saturated carbocycles. The minimum Gasteiger partial charge on any atom is -0.369 e. The largest absolute Gasteiger partial charge is 0.369 e. The lowest BCUT2D eigenvalue weighted by Crippen LogP contribution is -2.50. The zero-order valence-corrected chi connectivity index (χ0v) is 17.5. The van der Waals surface area contributed by atoms with Crippen LogP contribution in [0.2, 0.25) is 0 Å². The van der Waals surface area contributed by atoms with Gasteiger partial charge in [-0.1, -0.05) is 66.4 Å². The lowest BCUT2D eigenvalue weighted by molar-refractivity contribution is -0.123. The van der Waals surface area contributed by atoms with Crippen LogP contribution >= 0.6 is 24.0 Å². The maximum absolute atomic E-state index is 12.8. The Labute approximate surface area is 175 Å². The third-order valence-corrected chi connectivity index (χ3v) is 6.43. The Morgan fingerprint density at radius 1 is 1.04 bits per heavy atom. The van der Waals surface area contributed by atoms with E-state index in [-0.39, 0.29) is 5.91 Å². The van der Waals surface area contributed by atoms with Gasteiger partial charge in [-0.15, -0.1) is 0 Å². The van der Waals surface area contributed by atoms with Crippen LogP contribution in [-0.4, -0.2) is 52.9 Å². The summed E-state index contributed by atoms with van der Waals surface area (Å²) < 4.78 is 0.647. The van der Waals surface area contributed by atoms with E-state index in [0.717, 1.165) is 31.7 Å². The van der Waals surface area contributed by atoms with Crippen LogP contribution in [0.15, 0.2) is 59.5 Å². The molecule has 144 valence electrons. The highest BCUT2D eigenvalue weighted by molar-refractivity contribution is 8.26. The minimum atomic E-state index is 0.0139. The molecule has 2 fully saturated rings. The van der Waals surface area contributed by atoms with Gasteiger partial charge in [-0.05, 0) is 36.3 Å². The molecule has 6 heteroatoms. The van der Waals surface area contributed by atoms with Crippen LogP contribution in [0.1, 0.15) is 11.1 Å². The Kier molecular flexibility index (Phi) is 5.80. The van der Waals surface area contributed by atoms with Crippen molar-refractivity contribution < 1.29 is 4.79 Å². The molecule has 2 aromatic carbocycles. The first-order chi connectivity index (χ1) is 13.6. The molecule has 0 aliphatic carbocycles. The van der Waals surface area contributed by atoms with Crippen LogP contribution < -0.4 is 4.90 Å². The Balaban J connectivity index is 1.37. The molecule has 4 nitrogen and oxygen atoms in total. The number of rotatable bonds is 4. The fourth-order valence-electron chi connectivity index (χ4n) is 3.49. The topological polar surface area (TPSA) is 26.8 Å². The van der Waals surface area contributed by atoms with E-state index in [4.69, 9.17) is 12.2 Å². The van der Waals surface area contributed by atoms with Crippen molar-refractivity contribution in [1.29, 1.82) is 0 Å². The SMILES string of the molecule is Cc1cccc(N2CCN(CN3C(=O)C(=Cc4ccccc4)SC3=S)CC2)c1. The number of thioether (sulfide) groups is 1. The molecule has 2 saturated heterocycles. The van der Waals surface area contributed by atoms with Crippen molar-refractivity contribution in [2.45, 2.75) is 6.92 Å². The highest BCUT2D eigenvalue weighted by Gasteiger charge is 2.33. The summed E-state index contributed by atoms with van der Waals surface area (Å²) >= 11 is 6.88. The maximum atomic E-state index is 12.8. The highest BCUT2D eigenvalue weighted by Crippen LogP contribution is 2.32. The second-order valence-electron chi connectivity index (χ2n) is 7.11. The third kappa shape index (κ3) is 4.29. The third-order valence-electron chi connectivity index (χ3n) is 5.05. The molecule has 0 aromatic heterocycles. The number of aryl methyl sites for hydroxylation is 1. The van der Waals surface area contributed by atoms with Gasteiger partial charge in [-0.3, -0.25) is 14.6 Å². The fourth-order valence-corrected chi connectivity index (χ4v) is 4.74. The second-order valence-corrected chi connectivity index (χ2v) is 8.78. The van der Waals surface area contributed by atoms with Crippen LogP contribution in [0.5, 0.6) is 0 Å². The van der Waals surface area contributed by atoms with Crippen LogP contribution in [0.3, 0.4) is 0 Å². The summed E-state index contributed by atoms with van der Waals surface area (Å²) in [6.07, 6.45) is 1.93. The van der Waals surface area contributed by atoms with Crippen molar-refractivity contribution in [2.75, 3.05) is 37.7 Å². The van der Waals surface area contributed by atoms with E-state index in [0.29, 0.717) is 15.9 Å². The van der Waals surface area contributed by atoms with Gasteiger partial charge in [-0.25, -0.2) is 0 Å². The van der Waals surface area contributed by atoms with Gasteiger partial charge in [-0.2, -0.15) is 0 Å². The Bertz CT molecular complexity index is 905. The van der Waals surface area contributed by atoms with E-state index in [9.17, 15) is 4.79 Å². The van der Waals surface area contributed by atoms with Crippen molar-refractivity contribution >= 4 is 46.0 Å².